The van der Waals surface area contributed by atoms with Gasteiger partial charge < -0.3 is 24.8 Å². The minimum absolute atomic E-state index is 0.218. The fourth-order valence-electron chi connectivity index (χ4n) is 9.61. The van der Waals surface area contributed by atoms with E-state index in [-0.39, 0.29) is 34.5 Å². The number of hydrogen-bond donors (Lipinski definition) is 2. The van der Waals surface area contributed by atoms with E-state index in [0.29, 0.717) is 47.8 Å². The molecule has 10 rings (SSSR count). The SMILES string of the molecule is CC(C)(C)OC(=O)NC1CCCc2sc(-c3ccc(=O)n4ccc(OC(=O)c5ccn6c(=O)ccc(-c7cc8c(s7)CCCC8NC(=O)OC(C)(C)C)c6c5C5(Cl)CC5)c(C5(Cl)CC5)c34)cc21. The summed E-state index contributed by atoms with van der Waals surface area (Å²) in [4.78, 5) is 70.2. The molecule has 0 aromatic carbocycles. The van der Waals surface area contributed by atoms with Crippen LogP contribution in [0.15, 0.2) is 70.5 Å². The maximum atomic E-state index is 14.9. The topological polar surface area (TPSA) is 146 Å². The van der Waals surface area contributed by atoms with E-state index in [1.54, 1.807) is 68.1 Å². The van der Waals surface area contributed by atoms with Crippen molar-refractivity contribution in [2.75, 3.05) is 0 Å². The van der Waals surface area contributed by atoms with Gasteiger partial charge in [-0.1, -0.05) is 0 Å². The number of pyridine rings is 4. The number of fused-ring (bicyclic) bond motifs is 4. The van der Waals surface area contributed by atoms with Crippen molar-refractivity contribution in [3.8, 4) is 26.6 Å². The molecular weight excluding hydrogens is 932 g/mol. The van der Waals surface area contributed by atoms with E-state index in [1.807, 2.05) is 41.5 Å². The number of rotatable bonds is 8. The highest BCUT2D eigenvalue weighted by Gasteiger charge is 2.49. The lowest BCUT2D eigenvalue weighted by molar-refractivity contribution is 0.0487. The summed E-state index contributed by atoms with van der Waals surface area (Å²) in [5.74, 6) is -0.451. The van der Waals surface area contributed by atoms with Crippen molar-refractivity contribution >= 4 is 75.1 Å². The predicted octanol–water partition coefficient (Wildman–Crippen LogP) is 11.8. The zero-order valence-corrected chi connectivity index (χ0v) is 41.4. The van der Waals surface area contributed by atoms with Gasteiger partial charge in [0.05, 0.1) is 38.4 Å². The lowest BCUT2D eigenvalue weighted by Gasteiger charge is -2.26. The number of nitrogens with one attached hydrogen (secondary N) is 2. The first-order valence-corrected chi connectivity index (χ1v) is 25.3. The summed E-state index contributed by atoms with van der Waals surface area (Å²) in [5, 5.41) is 6.14. The number of thiophene rings is 2. The van der Waals surface area contributed by atoms with Crippen LogP contribution in [0.25, 0.3) is 31.9 Å². The second kappa shape index (κ2) is 16.5. The van der Waals surface area contributed by atoms with Crippen molar-refractivity contribution in [2.24, 2.45) is 0 Å². The maximum Gasteiger partial charge on any atom is 0.408 e. The van der Waals surface area contributed by atoms with Crippen LogP contribution < -0.4 is 26.5 Å². The molecule has 2 saturated carbocycles. The highest BCUT2D eigenvalue weighted by Crippen LogP contribution is 2.58. The highest BCUT2D eigenvalue weighted by atomic mass is 35.5. The van der Waals surface area contributed by atoms with Gasteiger partial charge in [-0.25, -0.2) is 14.4 Å². The quantitative estimate of drug-likeness (QED) is 0.113. The third-order valence-corrected chi connectivity index (χ3v) is 16.5. The Labute approximate surface area is 405 Å². The summed E-state index contributed by atoms with van der Waals surface area (Å²) in [6.07, 6.45) is 9.57. The number of aromatic nitrogens is 2. The third-order valence-electron chi connectivity index (χ3n) is 12.8. The van der Waals surface area contributed by atoms with Gasteiger partial charge in [-0.2, -0.15) is 0 Å². The molecule has 0 spiro atoms. The van der Waals surface area contributed by atoms with Gasteiger partial charge >= 0.3 is 18.2 Å². The second-order valence-electron chi connectivity index (χ2n) is 20.2. The Bertz CT molecular complexity index is 3160. The van der Waals surface area contributed by atoms with E-state index in [0.717, 1.165) is 80.3 Å². The van der Waals surface area contributed by atoms with Crippen LogP contribution in [0.2, 0.25) is 0 Å². The first-order chi connectivity index (χ1) is 31.7. The van der Waals surface area contributed by atoms with Gasteiger partial charge in [0.15, 0.2) is 0 Å². The maximum absolute atomic E-state index is 14.9. The number of hydrogen-bond acceptors (Lipinski definition) is 10. The smallest absolute Gasteiger partial charge is 0.408 e. The van der Waals surface area contributed by atoms with Crippen molar-refractivity contribution in [3.63, 3.8) is 0 Å². The summed E-state index contributed by atoms with van der Waals surface area (Å²) in [6, 6.07) is 13.5. The molecule has 350 valence electrons. The Morgan fingerprint density at radius 2 is 1.10 bits per heavy atom. The van der Waals surface area contributed by atoms with Gasteiger partial charge in [0.1, 0.15) is 17.0 Å². The van der Waals surface area contributed by atoms with Crippen molar-refractivity contribution in [3.05, 3.63) is 119 Å². The zero-order chi connectivity index (χ0) is 47.4. The van der Waals surface area contributed by atoms with Gasteiger partial charge in [0, 0.05) is 66.3 Å². The second-order valence-corrected chi connectivity index (χ2v) is 24.0. The molecular formula is C51H52Cl2N4O8S2. The molecule has 2 unspecified atom stereocenters. The number of halogens is 2. The molecule has 0 bridgehead atoms. The minimum Gasteiger partial charge on any atom is -0.444 e. The Morgan fingerprint density at radius 1 is 0.657 bits per heavy atom. The summed E-state index contributed by atoms with van der Waals surface area (Å²) >= 11 is 18.0. The first-order valence-electron chi connectivity index (χ1n) is 22.9. The molecule has 0 saturated heterocycles. The summed E-state index contributed by atoms with van der Waals surface area (Å²) < 4.78 is 20.8. The largest absolute Gasteiger partial charge is 0.444 e. The van der Waals surface area contributed by atoms with E-state index in [9.17, 15) is 24.0 Å². The lowest BCUT2D eigenvalue weighted by atomic mass is 9.93. The van der Waals surface area contributed by atoms with E-state index < -0.39 is 39.1 Å². The van der Waals surface area contributed by atoms with Crippen molar-refractivity contribution in [1.29, 1.82) is 0 Å². The van der Waals surface area contributed by atoms with Gasteiger partial charge in [0.25, 0.3) is 11.1 Å². The fraction of sp³-hybridized carbons (Fsp3) is 0.431. The number of alkyl carbamates (subject to hydrolysis) is 2. The molecule has 6 aromatic heterocycles. The average molecular weight is 984 g/mol. The molecule has 0 radical (unpaired) electrons. The van der Waals surface area contributed by atoms with E-state index in [1.165, 1.54) is 12.1 Å². The summed E-state index contributed by atoms with van der Waals surface area (Å²) in [5.41, 5.74) is 4.01. The molecule has 2 N–H and O–H groups in total. The number of ether oxygens (including phenoxy) is 3. The van der Waals surface area contributed by atoms with Crippen molar-refractivity contribution in [1.82, 2.24) is 19.4 Å². The molecule has 4 aliphatic carbocycles. The van der Waals surface area contributed by atoms with Crippen LogP contribution in [0.4, 0.5) is 9.59 Å². The Kier molecular flexibility index (Phi) is 11.3. The number of carbonyl (C=O) groups is 3. The Hall–Kier alpha value is -5.15. The van der Waals surface area contributed by atoms with Crippen LogP contribution >= 0.6 is 45.9 Å². The Balaban J connectivity index is 1.05. The van der Waals surface area contributed by atoms with Crippen LogP contribution in [0.5, 0.6) is 5.75 Å². The fourth-order valence-corrected chi connectivity index (χ4v) is 12.8. The molecule has 6 heterocycles. The third kappa shape index (κ3) is 8.79. The molecule has 2 atom stereocenters. The molecule has 0 aliphatic heterocycles. The molecule has 12 nitrogen and oxygen atoms in total. The van der Waals surface area contributed by atoms with Gasteiger partial charge in [-0.3, -0.25) is 18.4 Å². The van der Waals surface area contributed by atoms with Gasteiger partial charge in [-0.15, -0.1) is 45.9 Å². The van der Waals surface area contributed by atoms with Crippen molar-refractivity contribution in [2.45, 2.75) is 139 Å². The number of nitrogens with zero attached hydrogens (tertiary/aromatic N) is 2. The van der Waals surface area contributed by atoms with Gasteiger partial charge in [-0.05, 0) is 153 Å². The normalized spacial score (nSPS) is 19.3. The predicted molar refractivity (Wildman–Crippen MR) is 263 cm³/mol. The number of aryl methyl sites for hydroxylation is 2. The van der Waals surface area contributed by atoms with Crippen LogP contribution in [0.3, 0.4) is 0 Å². The monoisotopic (exact) mass is 982 g/mol. The molecule has 67 heavy (non-hydrogen) atoms. The van der Waals surface area contributed by atoms with Crippen LogP contribution in [0.1, 0.15) is 147 Å². The number of carbonyl (C=O) groups excluding carboxylic acids is 3. The summed E-state index contributed by atoms with van der Waals surface area (Å²) in [6.45, 7) is 11.0. The molecule has 4 aliphatic rings. The average Bonchev–Trinajstić information content (AvgIpc) is 4.06. The van der Waals surface area contributed by atoms with Crippen LogP contribution in [-0.4, -0.2) is 38.2 Å². The lowest BCUT2D eigenvalue weighted by Crippen LogP contribution is -2.35. The van der Waals surface area contributed by atoms with Gasteiger partial charge in [0.2, 0.25) is 0 Å². The Morgan fingerprint density at radius 3 is 1.57 bits per heavy atom. The minimum atomic E-state index is -0.938. The van der Waals surface area contributed by atoms with E-state index in [2.05, 4.69) is 22.8 Å². The number of alkyl halides is 2. The van der Waals surface area contributed by atoms with Crippen LogP contribution in [0, 0.1) is 0 Å². The molecule has 2 amide bonds. The van der Waals surface area contributed by atoms with Crippen LogP contribution in [-0.2, 0) is 32.1 Å². The summed E-state index contributed by atoms with van der Waals surface area (Å²) in [7, 11) is 0. The van der Waals surface area contributed by atoms with E-state index >= 15 is 0 Å². The standard InChI is InChI=1S/C51H52Cl2N4O8S2/c1-48(2,3)64-46(61)54-32-9-7-11-35-30(32)25-37(66-35)27-13-15-39(58)56-23-17-29(41(43(27)56)50(52)19-20-50)45(60)63-34-18-24-57-40(59)16-14-28(44(57)42(34)51(53)21-22-51)38-26-31-33(10-8-12-36(31)67-38)55-47(62)65-49(4,5)6/h13-18,23-26,32-33H,7-12,19-22H2,1-6H3,(H,54,61)(H,55,62). The number of amides is 2. The van der Waals surface area contributed by atoms with E-state index in [4.69, 9.17) is 37.4 Å². The first kappa shape index (κ1) is 45.6. The zero-order valence-electron chi connectivity index (χ0n) is 38.2. The van der Waals surface area contributed by atoms with Crippen molar-refractivity contribution < 1.29 is 28.6 Å². The molecule has 6 aromatic rings. The molecule has 2 fully saturated rings. The number of esters is 1. The molecule has 16 heteroatoms. The highest BCUT2D eigenvalue weighted by molar-refractivity contribution is 7.16.